The molecule has 1 N–H and O–H groups in total. The number of carbonyl (C=O) groups is 3. The van der Waals surface area contributed by atoms with Crippen LogP contribution in [0.1, 0.15) is 316 Å². The summed E-state index contributed by atoms with van der Waals surface area (Å²) in [5.74, 6) is -0.990. The third-order valence-corrected chi connectivity index (χ3v) is 13.6. The van der Waals surface area contributed by atoms with Gasteiger partial charge in [0.1, 0.15) is 19.8 Å². The number of aliphatic hydroxyl groups excluding tert-OH is 1. The van der Waals surface area contributed by atoms with E-state index >= 15 is 0 Å². The average Bonchev–Trinajstić information content (AvgIpc) is 3.32. The lowest BCUT2D eigenvalue weighted by Crippen LogP contribution is -2.42. The van der Waals surface area contributed by atoms with Crippen molar-refractivity contribution in [3.05, 3.63) is 12.2 Å². The van der Waals surface area contributed by atoms with Crippen LogP contribution in [-0.2, 0) is 28.6 Å². The SMILES string of the molecule is CCCCCCCCC=CCCCCCCCC(=O)OCC(CO)(COC(=O)CCCCCCCCCCCCCCCCC)COC(=O)CCCCCCCCCCCCCCCCC. The van der Waals surface area contributed by atoms with Crippen molar-refractivity contribution in [1.29, 1.82) is 0 Å². The molecule has 0 bridgehead atoms. The van der Waals surface area contributed by atoms with E-state index in [0.717, 1.165) is 70.6 Å². The van der Waals surface area contributed by atoms with E-state index in [1.54, 1.807) is 0 Å². The van der Waals surface area contributed by atoms with Gasteiger partial charge in [0, 0.05) is 19.3 Å². The molecule has 7 nitrogen and oxygen atoms in total. The fourth-order valence-electron chi connectivity index (χ4n) is 8.80. The molecule has 0 aromatic heterocycles. The van der Waals surface area contributed by atoms with Crippen LogP contribution < -0.4 is 0 Å². The highest BCUT2D eigenvalue weighted by Crippen LogP contribution is 2.22. The molecule has 0 rings (SSSR count). The quantitative estimate of drug-likeness (QED) is 0.0281. The Hall–Kier alpha value is -1.89. The van der Waals surface area contributed by atoms with Crippen molar-refractivity contribution in [2.75, 3.05) is 26.4 Å². The minimum atomic E-state index is -1.19. The smallest absolute Gasteiger partial charge is 0.305 e. The van der Waals surface area contributed by atoms with Crippen molar-refractivity contribution in [2.24, 2.45) is 5.41 Å². The summed E-state index contributed by atoms with van der Waals surface area (Å²) in [6, 6.07) is 0. The van der Waals surface area contributed by atoms with Crippen molar-refractivity contribution < 1.29 is 33.7 Å². The molecule has 0 spiro atoms. The molecular weight excluding hydrogens is 821 g/mol. The van der Waals surface area contributed by atoms with Gasteiger partial charge in [0.15, 0.2) is 0 Å². The fourth-order valence-corrected chi connectivity index (χ4v) is 8.80. The fraction of sp³-hybridized carbons (Fsp3) is 0.915. The van der Waals surface area contributed by atoms with Crippen LogP contribution in [0.15, 0.2) is 12.2 Å². The number of ether oxygens (including phenoxy) is 3. The molecule has 0 unspecified atom stereocenters. The van der Waals surface area contributed by atoms with Crippen LogP contribution in [-0.4, -0.2) is 49.4 Å². The highest BCUT2D eigenvalue weighted by Gasteiger charge is 2.35. The number of allylic oxidation sites excluding steroid dienone is 2. The Morgan fingerprint density at radius 2 is 0.515 bits per heavy atom. The third-order valence-electron chi connectivity index (χ3n) is 13.6. The summed E-state index contributed by atoms with van der Waals surface area (Å²) < 4.78 is 17.0. The second-order valence-electron chi connectivity index (χ2n) is 20.4. The topological polar surface area (TPSA) is 99.1 Å². The van der Waals surface area contributed by atoms with Gasteiger partial charge < -0.3 is 19.3 Å². The predicted molar refractivity (Wildman–Crippen MR) is 281 cm³/mol. The normalized spacial score (nSPS) is 11.8. The molecule has 0 amide bonds. The predicted octanol–water partition coefficient (Wildman–Crippen LogP) is 18.2. The molecular formula is C59H112O7. The lowest BCUT2D eigenvalue weighted by molar-refractivity contribution is -0.165. The van der Waals surface area contributed by atoms with Crippen LogP contribution in [0.3, 0.4) is 0 Å². The lowest BCUT2D eigenvalue weighted by Gasteiger charge is -2.30. The maximum Gasteiger partial charge on any atom is 0.305 e. The average molecular weight is 934 g/mol. The van der Waals surface area contributed by atoms with Crippen molar-refractivity contribution in [2.45, 2.75) is 316 Å². The molecule has 0 saturated carbocycles. The summed E-state index contributed by atoms with van der Waals surface area (Å²) in [7, 11) is 0. The Morgan fingerprint density at radius 3 is 0.727 bits per heavy atom. The van der Waals surface area contributed by atoms with Gasteiger partial charge in [0.25, 0.3) is 0 Å². The highest BCUT2D eigenvalue weighted by molar-refractivity contribution is 5.70. The number of hydrogen-bond donors (Lipinski definition) is 1. The molecule has 0 aliphatic rings. The molecule has 7 heteroatoms. The van der Waals surface area contributed by atoms with Gasteiger partial charge in [-0.1, -0.05) is 264 Å². The molecule has 0 aliphatic heterocycles. The van der Waals surface area contributed by atoms with Crippen molar-refractivity contribution >= 4 is 17.9 Å². The Kier molecular flexibility index (Phi) is 51.0. The molecule has 0 aromatic rings. The van der Waals surface area contributed by atoms with Gasteiger partial charge in [0.2, 0.25) is 0 Å². The minimum Gasteiger partial charge on any atom is -0.465 e. The number of carbonyl (C=O) groups excluding carboxylic acids is 3. The van der Waals surface area contributed by atoms with Crippen LogP contribution >= 0.6 is 0 Å². The molecule has 0 saturated heterocycles. The summed E-state index contributed by atoms with van der Waals surface area (Å²) in [6.07, 6.45) is 58.9. The van der Waals surface area contributed by atoms with Crippen LogP contribution in [0.2, 0.25) is 0 Å². The van der Waals surface area contributed by atoms with E-state index in [-0.39, 0.29) is 37.7 Å². The zero-order valence-corrected chi connectivity index (χ0v) is 44.4. The van der Waals surface area contributed by atoms with E-state index in [1.165, 1.54) is 205 Å². The largest absolute Gasteiger partial charge is 0.465 e. The van der Waals surface area contributed by atoms with E-state index in [2.05, 4.69) is 32.9 Å². The first-order chi connectivity index (χ1) is 32.4. The van der Waals surface area contributed by atoms with Crippen LogP contribution in [0.5, 0.6) is 0 Å². The van der Waals surface area contributed by atoms with Gasteiger partial charge in [-0.3, -0.25) is 14.4 Å². The second-order valence-corrected chi connectivity index (χ2v) is 20.4. The highest BCUT2D eigenvalue weighted by atomic mass is 16.6. The van der Waals surface area contributed by atoms with Crippen LogP contribution in [0, 0.1) is 5.41 Å². The molecule has 390 valence electrons. The molecule has 0 aromatic carbocycles. The summed E-state index contributed by atoms with van der Waals surface area (Å²) >= 11 is 0. The number of unbranched alkanes of at least 4 members (excludes halogenated alkanes) is 39. The molecule has 0 radical (unpaired) electrons. The first kappa shape index (κ1) is 64.1. The second kappa shape index (κ2) is 52.5. The minimum absolute atomic E-state index is 0.159. The van der Waals surface area contributed by atoms with Gasteiger partial charge in [-0.15, -0.1) is 0 Å². The van der Waals surface area contributed by atoms with E-state index in [9.17, 15) is 19.5 Å². The zero-order chi connectivity index (χ0) is 48.1. The third kappa shape index (κ3) is 47.2. The van der Waals surface area contributed by atoms with Gasteiger partial charge in [-0.05, 0) is 44.9 Å². The summed E-state index contributed by atoms with van der Waals surface area (Å²) in [5, 5.41) is 10.6. The number of esters is 3. The van der Waals surface area contributed by atoms with Gasteiger partial charge in [-0.2, -0.15) is 0 Å². The van der Waals surface area contributed by atoms with Gasteiger partial charge >= 0.3 is 17.9 Å². The summed E-state index contributed by atoms with van der Waals surface area (Å²) in [4.78, 5) is 38.5. The van der Waals surface area contributed by atoms with Crippen LogP contribution in [0.25, 0.3) is 0 Å². The van der Waals surface area contributed by atoms with E-state index in [0.29, 0.717) is 19.3 Å². The monoisotopic (exact) mass is 933 g/mol. The Bertz CT molecular complexity index is 1010. The van der Waals surface area contributed by atoms with Crippen molar-refractivity contribution in [3.8, 4) is 0 Å². The van der Waals surface area contributed by atoms with E-state index in [1.807, 2.05) is 0 Å². The van der Waals surface area contributed by atoms with Crippen LogP contribution in [0.4, 0.5) is 0 Å². The molecule has 0 fully saturated rings. The van der Waals surface area contributed by atoms with E-state index < -0.39 is 12.0 Å². The first-order valence-electron chi connectivity index (χ1n) is 29.2. The number of hydrogen-bond acceptors (Lipinski definition) is 7. The summed E-state index contributed by atoms with van der Waals surface area (Å²) in [5.41, 5.74) is -1.19. The number of rotatable bonds is 54. The van der Waals surface area contributed by atoms with Crippen molar-refractivity contribution in [1.82, 2.24) is 0 Å². The Morgan fingerprint density at radius 1 is 0.318 bits per heavy atom. The number of aliphatic hydroxyl groups is 1. The summed E-state index contributed by atoms with van der Waals surface area (Å²) in [6.45, 7) is 5.90. The maximum atomic E-state index is 12.8. The van der Waals surface area contributed by atoms with E-state index in [4.69, 9.17) is 14.2 Å². The molecule has 0 aliphatic carbocycles. The Balaban J connectivity index is 4.56. The van der Waals surface area contributed by atoms with Gasteiger partial charge in [-0.25, -0.2) is 0 Å². The standard InChI is InChI=1S/C59H112O7/c1-4-7-10-13-16-19-22-25-28-31-34-37-40-43-46-49-56(61)64-53-59(52-60,54-65-57(62)50-47-44-41-38-35-32-29-26-23-20-17-14-11-8-5-2)55-66-58(63)51-48-45-42-39-36-33-30-27-24-21-18-15-12-9-6-3/h25,28,60H,4-24,26-27,29-55H2,1-3H3. The molecule has 0 atom stereocenters. The lowest BCUT2D eigenvalue weighted by atomic mass is 9.92. The molecule has 0 heterocycles. The molecule has 66 heavy (non-hydrogen) atoms. The Labute approximate surface area is 410 Å². The van der Waals surface area contributed by atoms with Crippen molar-refractivity contribution in [3.63, 3.8) is 0 Å². The zero-order valence-electron chi connectivity index (χ0n) is 44.4. The van der Waals surface area contributed by atoms with Gasteiger partial charge in [0.05, 0.1) is 12.0 Å². The first-order valence-corrected chi connectivity index (χ1v) is 29.2. The maximum absolute atomic E-state index is 12.8.